The van der Waals surface area contributed by atoms with Gasteiger partial charge in [0.25, 0.3) is 5.91 Å². The van der Waals surface area contributed by atoms with Crippen LogP contribution in [0.4, 0.5) is 10.1 Å². The van der Waals surface area contributed by atoms with Gasteiger partial charge in [0.1, 0.15) is 5.82 Å². The number of fused-ring (bicyclic) bond motifs is 1. The fraction of sp³-hybridized carbons (Fsp3) is 0.227. The number of amides is 2. The molecule has 0 saturated heterocycles. The zero-order chi connectivity index (χ0) is 20.5. The number of hydrogen-bond donors (Lipinski definition) is 2. The number of aryl methyl sites for hydroxylation is 2. The molecular weight excluding hydrogens is 371 g/mol. The molecule has 0 saturated carbocycles. The Balaban J connectivity index is 1.48. The molecule has 0 radical (unpaired) electrons. The summed E-state index contributed by atoms with van der Waals surface area (Å²) in [5.41, 5.74) is 4.59. The molecule has 7 heteroatoms. The number of anilines is 1. The van der Waals surface area contributed by atoms with Crippen LogP contribution in [-0.2, 0) is 11.2 Å². The Labute approximate surface area is 167 Å². The maximum atomic E-state index is 13.3. The number of rotatable bonds is 4. The molecule has 29 heavy (non-hydrogen) atoms. The Morgan fingerprint density at radius 1 is 1.21 bits per heavy atom. The molecule has 2 aromatic carbocycles. The van der Waals surface area contributed by atoms with Gasteiger partial charge in [0.05, 0.1) is 11.7 Å². The van der Waals surface area contributed by atoms with Gasteiger partial charge in [-0.25, -0.2) is 9.07 Å². The van der Waals surface area contributed by atoms with Crippen LogP contribution in [0.3, 0.4) is 0 Å². The van der Waals surface area contributed by atoms with Gasteiger partial charge in [-0.2, -0.15) is 5.10 Å². The highest BCUT2D eigenvalue weighted by atomic mass is 19.1. The minimum Gasteiger partial charge on any atom is -0.344 e. The van der Waals surface area contributed by atoms with Gasteiger partial charge in [0.15, 0.2) is 5.69 Å². The summed E-state index contributed by atoms with van der Waals surface area (Å²) in [6, 6.07) is 11.6. The molecule has 0 bridgehead atoms. The standard InChI is InChI=1S/C22H21FN4O2/c1-13-11-17(23)5-7-20(13)27-10-9-19(26-27)22(29)24-14(2)15-3-6-18-16(12-15)4-8-21(28)25-18/h3,5-7,9-12,14H,4,8H2,1-2H3,(H,24,29)(H,25,28)/t14-/m1/s1. The molecule has 4 rings (SSSR count). The van der Waals surface area contributed by atoms with E-state index in [4.69, 9.17) is 0 Å². The molecule has 1 aliphatic heterocycles. The average Bonchev–Trinajstić information content (AvgIpc) is 3.17. The fourth-order valence-electron chi connectivity index (χ4n) is 3.48. The third-order valence-corrected chi connectivity index (χ3v) is 5.10. The fourth-order valence-corrected chi connectivity index (χ4v) is 3.48. The van der Waals surface area contributed by atoms with Crippen molar-refractivity contribution in [2.75, 3.05) is 5.32 Å². The van der Waals surface area contributed by atoms with Crippen LogP contribution in [0.2, 0.25) is 0 Å². The molecule has 6 nitrogen and oxygen atoms in total. The Hall–Kier alpha value is -3.48. The number of carbonyl (C=O) groups is 2. The number of carbonyl (C=O) groups excluding carboxylic acids is 2. The Morgan fingerprint density at radius 3 is 2.83 bits per heavy atom. The van der Waals surface area contributed by atoms with E-state index < -0.39 is 0 Å². The van der Waals surface area contributed by atoms with Crippen molar-refractivity contribution in [2.45, 2.75) is 32.7 Å². The number of hydrogen-bond acceptors (Lipinski definition) is 3. The first kappa shape index (κ1) is 18.9. The van der Waals surface area contributed by atoms with E-state index in [-0.39, 0.29) is 29.4 Å². The van der Waals surface area contributed by atoms with Crippen LogP contribution in [0.15, 0.2) is 48.7 Å². The first-order valence-electron chi connectivity index (χ1n) is 9.46. The van der Waals surface area contributed by atoms with E-state index in [1.54, 1.807) is 29.9 Å². The van der Waals surface area contributed by atoms with Gasteiger partial charge >= 0.3 is 0 Å². The lowest BCUT2D eigenvalue weighted by Gasteiger charge is -2.20. The predicted molar refractivity (Wildman–Crippen MR) is 108 cm³/mol. The van der Waals surface area contributed by atoms with E-state index in [2.05, 4.69) is 15.7 Å². The highest BCUT2D eigenvalue weighted by Crippen LogP contribution is 2.26. The quantitative estimate of drug-likeness (QED) is 0.711. The van der Waals surface area contributed by atoms with Gasteiger partial charge in [-0.15, -0.1) is 0 Å². The van der Waals surface area contributed by atoms with Gasteiger partial charge in [-0.05, 0) is 67.3 Å². The molecule has 2 amide bonds. The molecule has 1 atom stereocenters. The number of aromatic nitrogens is 2. The molecule has 1 aliphatic rings. The van der Waals surface area contributed by atoms with Gasteiger partial charge in [0.2, 0.25) is 5.91 Å². The van der Waals surface area contributed by atoms with Crippen molar-refractivity contribution in [3.05, 3.63) is 76.9 Å². The van der Waals surface area contributed by atoms with E-state index in [1.165, 1.54) is 12.1 Å². The van der Waals surface area contributed by atoms with Crippen molar-refractivity contribution in [1.29, 1.82) is 0 Å². The molecule has 2 N–H and O–H groups in total. The highest BCUT2D eigenvalue weighted by Gasteiger charge is 2.18. The van der Waals surface area contributed by atoms with E-state index in [9.17, 15) is 14.0 Å². The summed E-state index contributed by atoms with van der Waals surface area (Å²) in [4.78, 5) is 24.1. The van der Waals surface area contributed by atoms with Crippen molar-refractivity contribution in [2.24, 2.45) is 0 Å². The molecule has 0 fully saturated rings. The van der Waals surface area contributed by atoms with Crippen LogP contribution in [-0.4, -0.2) is 21.6 Å². The SMILES string of the molecule is Cc1cc(F)ccc1-n1ccc(C(=O)N[C@H](C)c2ccc3c(c2)CCC(=O)N3)n1. The predicted octanol–water partition coefficient (Wildman–Crippen LogP) is 3.70. The minimum atomic E-state index is -0.310. The van der Waals surface area contributed by atoms with Crippen LogP contribution in [0.25, 0.3) is 5.69 Å². The summed E-state index contributed by atoms with van der Waals surface area (Å²) < 4.78 is 14.9. The molecule has 148 valence electrons. The van der Waals surface area contributed by atoms with Crippen LogP contribution in [0.1, 0.15) is 46.6 Å². The van der Waals surface area contributed by atoms with E-state index in [1.807, 2.05) is 25.1 Å². The summed E-state index contributed by atoms with van der Waals surface area (Å²) >= 11 is 0. The van der Waals surface area contributed by atoms with Crippen molar-refractivity contribution >= 4 is 17.5 Å². The summed E-state index contributed by atoms with van der Waals surface area (Å²) in [5.74, 6) is -0.574. The van der Waals surface area contributed by atoms with Gasteiger partial charge in [0, 0.05) is 18.3 Å². The topological polar surface area (TPSA) is 76.0 Å². The van der Waals surface area contributed by atoms with E-state index in [0.29, 0.717) is 12.8 Å². The van der Waals surface area contributed by atoms with Crippen LogP contribution >= 0.6 is 0 Å². The number of nitrogens with zero attached hydrogens (tertiary/aromatic N) is 2. The third kappa shape index (κ3) is 3.89. The van der Waals surface area contributed by atoms with Crippen molar-refractivity contribution in [1.82, 2.24) is 15.1 Å². The Kier molecular flexibility index (Phi) is 4.88. The van der Waals surface area contributed by atoms with Crippen molar-refractivity contribution in [3.63, 3.8) is 0 Å². The molecule has 1 aromatic heterocycles. The smallest absolute Gasteiger partial charge is 0.272 e. The summed E-state index contributed by atoms with van der Waals surface area (Å²) in [7, 11) is 0. The lowest BCUT2D eigenvalue weighted by Crippen LogP contribution is -2.27. The second kappa shape index (κ2) is 7.50. The van der Waals surface area contributed by atoms with Crippen molar-refractivity contribution < 1.29 is 14.0 Å². The number of benzene rings is 2. The third-order valence-electron chi connectivity index (χ3n) is 5.10. The first-order chi connectivity index (χ1) is 13.9. The maximum Gasteiger partial charge on any atom is 0.272 e. The van der Waals surface area contributed by atoms with E-state index >= 15 is 0 Å². The summed E-state index contributed by atoms with van der Waals surface area (Å²) in [6.45, 7) is 3.70. The van der Waals surface area contributed by atoms with Crippen LogP contribution < -0.4 is 10.6 Å². The second-order valence-electron chi connectivity index (χ2n) is 7.24. The maximum absolute atomic E-state index is 13.3. The molecule has 0 unspecified atom stereocenters. The Morgan fingerprint density at radius 2 is 2.03 bits per heavy atom. The number of nitrogens with one attached hydrogen (secondary N) is 2. The molecule has 2 heterocycles. The zero-order valence-electron chi connectivity index (χ0n) is 16.2. The summed E-state index contributed by atoms with van der Waals surface area (Å²) in [5, 5.41) is 10.1. The number of halogens is 1. The van der Waals surface area contributed by atoms with Gasteiger partial charge in [-0.3, -0.25) is 9.59 Å². The minimum absolute atomic E-state index is 0.0265. The molecular formula is C22H21FN4O2. The Bertz CT molecular complexity index is 1110. The molecule has 0 aliphatic carbocycles. The zero-order valence-corrected chi connectivity index (χ0v) is 16.2. The van der Waals surface area contributed by atoms with Crippen molar-refractivity contribution in [3.8, 4) is 5.69 Å². The van der Waals surface area contributed by atoms with E-state index in [0.717, 1.165) is 28.1 Å². The highest BCUT2D eigenvalue weighted by molar-refractivity contribution is 5.94. The van der Waals surface area contributed by atoms with Gasteiger partial charge in [-0.1, -0.05) is 12.1 Å². The molecule has 0 spiro atoms. The largest absolute Gasteiger partial charge is 0.344 e. The molecule has 3 aromatic rings. The lowest BCUT2D eigenvalue weighted by atomic mass is 9.98. The monoisotopic (exact) mass is 392 g/mol. The lowest BCUT2D eigenvalue weighted by molar-refractivity contribution is -0.116. The first-order valence-corrected chi connectivity index (χ1v) is 9.46. The van der Waals surface area contributed by atoms with Gasteiger partial charge < -0.3 is 10.6 Å². The van der Waals surface area contributed by atoms with Crippen LogP contribution in [0.5, 0.6) is 0 Å². The average molecular weight is 392 g/mol. The normalized spacial score (nSPS) is 14.1. The summed E-state index contributed by atoms with van der Waals surface area (Å²) in [6.07, 6.45) is 2.84. The van der Waals surface area contributed by atoms with Crippen LogP contribution in [0, 0.1) is 12.7 Å². The second-order valence-corrected chi connectivity index (χ2v) is 7.24.